The molecule has 1 heterocycles. The van der Waals surface area contributed by atoms with Gasteiger partial charge in [-0.1, -0.05) is 36.4 Å². The van der Waals surface area contributed by atoms with E-state index in [0.717, 1.165) is 15.7 Å². The van der Waals surface area contributed by atoms with E-state index in [2.05, 4.69) is 5.32 Å². The van der Waals surface area contributed by atoms with Crippen LogP contribution in [0.15, 0.2) is 66.2 Å². The van der Waals surface area contributed by atoms with Gasteiger partial charge in [-0.3, -0.25) is 14.9 Å². The molecule has 1 aliphatic heterocycles. The maximum atomic E-state index is 13.2. The number of ether oxygens (including phenoxy) is 2. The van der Waals surface area contributed by atoms with Crippen LogP contribution >= 0.6 is 0 Å². The van der Waals surface area contributed by atoms with Crippen molar-refractivity contribution < 1.29 is 23.9 Å². The second-order valence-electron chi connectivity index (χ2n) is 6.56. The highest BCUT2D eigenvalue weighted by Gasteiger charge is 2.37. The molecule has 0 spiro atoms. The van der Waals surface area contributed by atoms with Gasteiger partial charge < -0.3 is 9.47 Å². The molecule has 0 bridgehead atoms. The summed E-state index contributed by atoms with van der Waals surface area (Å²) in [6.45, 7) is 0. The number of hydrogen-bond acceptors (Lipinski definition) is 5. The molecule has 0 atom stereocenters. The lowest BCUT2D eigenvalue weighted by atomic mass is 9.99. The minimum absolute atomic E-state index is 0.174. The second kappa shape index (κ2) is 7.71. The molecule has 0 radical (unpaired) electrons. The van der Waals surface area contributed by atoms with Crippen LogP contribution < -0.4 is 19.7 Å². The van der Waals surface area contributed by atoms with Crippen LogP contribution in [0.5, 0.6) is 11.5 Å². The summed E-state index contributed by atoms with van der Waals surface area (Å²) in [5.41, 5.74) is 0.696. The van der Waals surface area contributed by atoms with Gasteiger partial charge in [0.05, 0.1) is 19.9 Å². The minimum atomic E-state index is -0.819. The third-order valence-electron chi connectivity index (χ3n) is 4.85. The first kappa shape index (κ1) is 19.2. The zero-order valence-corrected chi connectivity index (χ0v) is 16.3. The van der Waals surface area contributed by atoms with Crippen molar-refractivity contribution in [3.8, 4) is 11.5 Å². The third-order valence-corrected chi connectivity index (χ3v) is 4.85. The molecule has 1 saturated heterocycles. The van der Waals surface area contributed by atoms with Crippen molar-refractivity contribution in [1.82, 2.24) is 5.32 Å². The van der Waals surface area contributed by atoms with Crippen LogP contribution in [0.1, 0.15) is 5.56 Å². The Kier molecular flexibility index (Phi) is 4.93. The van der Waals surface area contributed by atoms with Crippen molar-refractivity contribution in [2.75, 3.05) is 19.1 Å². The van der Waals surface area contributed by atoms with Gasteiger partial charge in [-0.2, -0.15) is 0 Å². The van der Waals surface area contributed by atoms with Crippen LogP contribution in [0.4, 0.5) is 10.5 Å². The summed E-state index contributed by atoms with van der Waals surface area (Å²) in [6.07, 6.45) is 1.46. The predicted octanol–water partition coefficient (Wildman–Crippen LogP) is 3.52. The number of benzene rings is 3. The molecule has 0 unspecified atom stereocenters. The van der Waals surface area contributed by atoms with Crippen LogP contribution in [-0.2, 0) is 9.59 Å². The van der Waals surface area contributed by atoms with E-state index in [4.69, 9.17) is 9.47 Å². The zero-order valence-electron chi connectivity index (χ0n) is 16.3. The lowest BCUT2D eigenvalue weighted by molar-refractivity contribution is -0.122. The van der Waals surface area contributed by atoms with E-state index in [1.54, 1.807) is 30.3 Å². The van der Waals surface area contributed by atoms with Gasteiger partial charge in [0.2, 0.25) is 0 Å². The number of methoxy groups -OCH3 is 2. The molecular weight excluding hydrogens is 384 g/mol. The van der Waals surface area contributed by atoms with E-state index in [-0.39, 0.29) is 5.57 Å². The van der Waals surface area contributed by atoms with E-state index < -0.39 is 17.8 Å². The van der Waals surface area contributed by atoms with Gasteiger partial charge in [-0.05, 0) is 35.0 Å². The van der Waals surface area contributed by atoms with Crippen LogP contribution in [-0.4, -0.2) is 32.1 Å². The number of barbiturate groups is 1. The van der Waals surface area contributed by atoms with Gasteiger partial charge in [0.1, 0.15) is 17.1 Å². The number of imide groups is 2. The summed E-state index contributed by atoms with van der Waals surface area (Å²) < 4.78 is 10.6. The number of amides is 4. The number of nitrogens with one attached hydrogen (secondary N) is 1. The number of anilines is 1. The Bertz CT molecular complexity index is 1220. The molecule has 150 valence electrons. The Hall–Kier alpha value is -4.13. The number of nitrogens with zero attached hydrogens (tertiary/aromatic N) is 1. The maximum absolute atomic E-state index is 13.2. The van der Waals surface area contributed by atoms with Crippen LogP contribution in [0.2, 0.25) is 0 Å². The average molecular weight is 402 g/mol. The fraction of sp³-hybridized carbons (Fsp3) is 0.0870. The van der Waals surface area contributed by atoms with Crippen LogP contribution in [0, 0.1) is 0 Å². The first-order valence-corrected chi connectivity index (χ1v) is 9.14. The molecule has 7 nitrogen and oxygen atoms in total. The molecule has 4 rings (SSSR count). The van der Waals surface area contributed by atoms with Crippen molar-refractivity contribution in [3.05, 3.63) is 71.8 Å². The van der Waals surface area contributed by atoms with E-state index >= 15 is 0 Å². The van der Waals surface area contributed by atoms with E-state index in [0.29, 0.717) is 22.7 Å². The van der Waals surface area contributed by atoms with Crippen molar-refractivity contribution in [2.24, 2.45) is 0 Å². The maximum Gasteiger partial charge on any atom is 0.335 e. The van der Waals surface area contributed by atoms with Crippen molar-refractivity contribution >= 4 is 40.4 Å². The number of fused-ring (bicyclic) bond motifs is 1. The predicted molar refractivity (Wildman–Crippen MR) is 112 cm³/mol. The van der Waals surface area contributed by atoms with Crippen molar-refractivity contribution in [2.45, 2.75) is 0 Å². The average Bonchev–Trinajstić information content (AvgIpc) is 2.76. The van der Waals surface area contributed by atoms with E-state index in [1.807, 2.05) is 30.3 Å². The van der Waals surface area contributed by atoms with Gasteiger partial charge in [-0.15, -0.1) is 0 Å². The Labute approximate surface area is 172 Å². The summed E-state index contributed by atoms with van der Waals surface area (Å²) in [7, 11) is 3.00. The number of hydrogen-bond donors (Lipinski definition) is 1. The number of carbonyl (C=O) groups excluding carboxylic acids is 3. The molecule has 3 aromatic carbocycles. The molecule has 0 saturated carbocycles. The molecule has 0 aromatic heterocycles. The number of carbonyl (C=O) groups is 3. The molecule has 0 aliphatic carbocycles. The Morgan fingerprint density at radius 3 is 2.47 bits per heavy atom. The summed E-state index contributed by atoms with van der Waals surface area (Å²) >= 11 is 0. The monoisotopic (exact) mass is 402 g/mol. The molecule has 30 heavy (non-hydrogen) atoms. The molecule has 1 fully saturated rings. The number of rotatable bonds is 4. The quantitative estimate of drug-likeness (QED) is 0.533. The lowest BCUT2D eigenvalue weighted by Gasteiger charge is -2.26. The molecule has 4 amide bonds. The fourth-order valence-corrected chi connectivity index (χ4v) is 3.39. The van der Waals surface area contributed by atoms with Crippen molar-refractivity contribution in [1.29, 1.82) is 0 Å². The van der Waals surface area contributed by atoms with Gasteiger partial charge in [0.25, 0.3) is 11.8 Å². The van der Waals surface area contributed by atoms with Crippen LogP contribution in [0.25, 0.3) is 16.8 Å². The summed E-state index contributed by atoms with van der Waals surface area (Å²) in [5, 5.41) is 3.97. The van der Waals surface area contributed by atoms with Crippen molar-refractivity contribution in [3.63, 3.8) is 0 Å². The Morgan fingerprint density at radius 1 is 0.900 bits per heavy atom. The molecule has 1 aliphatic rings. The van der Waals surface area contributed by atoms with Gasteiger partial charge >= 0.3 is 6.03 Å². The SMILES string of the molecule is COc1cccc(N2C(=O)NC(=O)/C(=C\c3c(OC)ccc4ccccc34)C2=O)c1. The minimum Gasteiger partial charge on any atom is -0.497 e. The van der Waals surface area contributed by atoms with E-state index in [1.165, 1.54) is 20.3 Å². The topological polar surface area (TPSA) is 84.9 Å². The molecule has 7 heteroatoms. The smallest absolute Gasteiger partial charge is 0.335 e. The lowest BCUT2D eigenvalue weighted by Crippen LogP contribution is -2.54. The van der Waals surface area contributed by atoms with Gasteiger partial charge in [-0.25, -0.2) is 9.69 Å². The fourth-order valence-electron chi connectivity index (χ4n) is 3.39. The normalized spacial score (nSPS) is 15.5. The first-order valence-electron chi connectivity index (χ1n) is 9.14. The first-order chi connectivity index (χ1) is 14.5. The van der Waals surface area contributed by atoms with Gasteiger partial charge in [0.15, 0.2) is 0 Å². The highest BCUT2D eigenvalue weighted by Crippen LogP contribution is 2.32. The summed E-state index contributed by atoms with van der Waals surface area (Å²) in [4.78, 5) is 39.1. The highest BCUT2D eigenvalue weighted by molar-refractivity contribution is 6.39. The summed E-state index contributed by atoms with van der Waals surface area (Å²) in [6, 6.07) is 16.9. The van der Waals surface area contributed by atoms with Gasteiger partial charge in [0, 0.05) is 11.6 Å². The summed E-state index contributed by atoms with van der Waals surface area (Å²) in [5.74, 6) is -0.510. The second-order valence-corrected chi connectivity index (χ2v) is 6.56. The zero-order chi connectivity index (χ0) is 21.3. The molecule has 1 N–H and O–H groups in total. The third kappa shape index (κ3) is 3.26. The van der Waals surface area contributed by atoms with Crippen LogP contribution in [0.3, 0.4) is 0 Å². The number of urea groups is 1. The highest BCUT2D eigenvalue weighted by atomic mass is 16.5. The molecular formula is C23H18N2O5. The van der Waals surface area contributed by atoms with E-state index in [9.17, 15) is 14.4 Å². The Morgan fingerprint density at radius 2 is 1.70 bits per heavy atom. The standard InChI is InChI=1S/C23H18N2O5/c1-29-16-8-5-7-15(12-16)25-22(27)19(21(26)24-23(25)28)13-18-17-9-4-3-6-14(17)10-11-20(18)30-2/h3-13H,1-2H3,(H,24,26,28)/b19-13+. The molecule has 3 aromatic rings. The largest absolute Gasteiger partial charge is 0.497 e. The Balaban J connectivity index is 1.85.